The molecule has 3 fully saturated rings. The van der Waals surface area contributed by atoms with Crippen molar-refractivity contribution in [2.75, 3.05) is 42.5 Å². The number of β-amino-alcohol motifs (C(OH)–C–C–N with tert-alkyl or cyclic N) is 1. The Balaban J connectivity index is 1.09. The molecule has 1 amide bonds. The van der Waals surface area contributed by atoms with Crippen molar-refractivity contribution in [3.8, 4) is 0 Å². The minimum Gasteiger partial charge on any atom is -0.391 e. The van der Waals surface area contributed by atoms with Crippen LogP contribution in [-0.4, -0.2) is 64.8 Å². The second-order valence-corrected chi connectivity index (χ2v) is 8.83. The number of carbonyl (C=O) groups is 1. The molecule has 1 saturated carbocycles. The molecule has 2 aromatic rings. The number of rotatable bonds is 7. The smallest absolute Gasteiger partial charge is 0.244 e. The molecule has 32 heavy (non-hydrogen) atoms. The number of nitrogens with zero attached hydrogens (tertiary/aromatic N) is 5. The first-order valence-corrected chi connectivity index (χ1v) is 11.1. The maximum Gasteiger partial charge on any atom is 0.244 e. The van der Waals surface area contributed by atoms with Gasteiger partial charge in [0, 0.05) is 51.2 Å². The van der Waals surface area contributed by atoms with Gasteiger partial charge in [-0.3, -0.25) is 9.78 Å². The van der Waals surface area contributed by atoms with Crippen LogP contribution in [0.1, 0.15) is 18.4 Å². The molecule has 0 spiro atoms. The first-order valence-electron chi connectivity index (χ1n) is 11.1. The molecular weight excluding hydrogens is 411 g/mol. The molecule has 4 atom stereocenters. The van der Waals surface area contributed by atoms with Gasteiger partial charge in [0.2, 0.25) is 11.9 Å². The van der Waals surface area contributed by atoms with Gasteiger partial charge in [0.1, 0.15) is 0 Å². The molecule has 0 radical (unpaired) electrons. The number of hydrogen-bond acceptors (Lipinski definition) is 7. The fourth-order valence-corrected chi connectivity index (χ4v) is 4.96. The van der Waals surface area contributed by atoms with Gasteiger partial charge in [-0.15, -0.1) is 0 Å². The third-order valence-corrected chi connectivity index (χ3v) is 6.72. The Kier molecular flexibility index (Phi) is 5.73. The van der Waals surface area contributed by atoms with Crippen LogP contribution >= 0.6 is 0 Å². The summed E-state index contributed by atoms with van der Waals surface area (Å²) in [5.41, 5.74) is 0.889. The number of nitrogens with one attached hydrogen (secondary N) is 1. The van der Waals surface area contributed by atoms with Crippen molar-refractivity contribution < 1.29 is 14.3 Å². The normalized spacial score (nSPS) is 26.6. The average Bonchev–Trinajstić information content (AvgIpc) is 3.12. The Hall–Kier alpha value is -3.07. The van der Waals surface area contributed by atoms with E-state index in [9.17, 15) is 14.3 Å². The molecule has 8 nitrogen and oxygen atoms in total. The van der Waals surface area contributed by atoms with Crippen molar-refractivity contribution in [3.05, 3.63) is 48.2 Å². The topological polar surface area (TPSA) is 94.5 Å². The molecule has 168 valence electrons. The van der Waals surface area contributed by atoms with Gasteiger partial charge in [0.25, 0.3) is 0 Å². The van der Waals surface area contributed by atoms with Crippen LogP contribution in [-0.2, 0) is 4.79 Å². The molecular formula is C23H27FN6O2. The predicted octanol–water partition coefficient (Wildman–Crippen LogP) is 1.48. The van der Waals surface area contributed by atoms with Crippen molar-refractivity contribution >= 4 is 23.7 Å². The molecule has 3 aliphatic rings. The van der Waals surface area contributed by atoms with E-state index in [1.807, 2.05) is 21.9 Å². The number of hydrogen-bond donors (Lipinski definition) is 2. The van der Waals surface area contributed by atoms with Crippen LogP contribution in [0.15, 0.2) is 36.8 Å². The molecule has 5 rings (SSSR count). The van der Waals surface area contributed by atoms with E-state index in [2.05, 4.69) is 20.3 Å². The third kappa shape index (κ3) is 4.43. The minimum absolute atomic E-state index is 0.107. The molecule has 2 aromatic heterocycles. The number of aromatic nitrogens is 3. The summed E-state index contributed by atoms with van der Waals surface area (Å²) in [5.74, 6) is 1.93. The lowest BCUT2D eigenvalue weighted by molar-refractivity contribution is -0.116. The highest BCUT2D eigenvalue weighted by Gasteiger charge is 2.55. The Morgan fingerprint density at radius 2 is 2.09 bits per heavy atom. The van der Waals surface area contributed by atoms with E-state index >= 15 is 0 Å². The predicted molar refractivity (Wildman–Crippen MR) is 118 cm³/mol. The van der Waals surface area contributed by atoms with Crippen molar-refractivity contribution in [1.82, 2.24) is 20.3 Å². The molecule has 2 aliphatic heterocycles. The molecule has 4 heterocycles. The molecule has 1 unspecified atom stereocenters. The summed E-state index contributed by atoms with van der Waals surface area (Å²) in [6, 6.07) is 3.73. The van der Waals surface area contributed by atoms with Gasteiger partial charge in [0.15, 0.2) is 11.6 Å². The van der Waals surface area contributed by atoms with Crippen molar-refractivity contribution in [2.45, 2.75) is 18.9 Å². The molecule has 2 saturated heterocycles. The number of aliphatic hydroxyl groups excluding tert-OH is 1. The van der Waals surface area contributed by atoms with Crippen LogP contribution in [0.25, 0.3) is 6.08 Å². The fourth-order valence-electron chi connectivity index (χ4n) is 4.96. The van der Waals surface area contributed by atoms with Gasteiger partial charge >= 0.3 is 0 Å². The largest absolute Gasteiger partial charge is 0.391 e. The van der Waals surface area contributed by atoms with Crippen LogP contribution in [0.3, 0.4) is 0 Å². The van der Waals surface area contributed by atoms with E-state index in [0.717, 1.165) is 25.1 Å². The summed E-state index contributed by atoms with van der Waals surface area (Å²) in [5, 5.41) is 12.7. The highest BCUT2D eigenvalue weighted by atomic mass is 19.1. The van der Waals surface area contributed by atoms with Crippen LogP contribution in [0, 0.1) is 23.6 Å². The lowest BCUT2D eigenvalue weighted by Gasteiger charge is -2.23. The lowest BCUT2D eigenvalue weighted by atomic mass is 10.2. The molecule has 9 heteroatoms. The standard InChI is InChI=1S/C23H27FN6O2/c24-20-11-27-23(29-9-6-16(31)12-29)28-22(20)30-13-18-17(19(18)14-30)5-8-26-21(32)4-3-15-2-1-7-25-10-15/h1-4,7,10-11,16-19,31H,5-6,8-9,12-14H2,(H,26,32)/b4-3+/t16?,17-,18-,19+. The second kappa shape index (κ2) is 8.82. The molecule has 0 aromatic carbocycles. The van der Waals surface area contributed by atoms with Gasteiger partial charge in [-0.25, -0.2) is 9.37 Å². The Morgan fingerprint density at radius 3 is 2.81 bits per heavy atom. The number of halogens is 1. The number of pyridine rings is 1. The van der Waals surface area contributed by atoms with Crippen molar-refractivity contribution in [2.24, 2.45) is 17.8 Å². The van der Waals surface area contributed by atoms with Crippen LogP contribution < -0.4 is 15.1 Å². The SMILES string of the molecule is O=C(/C=C/c1cccnc1)NCC[C@@H]1[C@H]2CN(c3nc(N4CCC(O)C4)ncc3F)C[C@@H]12. The van der Waals surface area contributed by atoms with Crippen LogP contribution in [0.5, 0.6) is 0 Å². The Morgan fingerprint density at radius 1 is 1.25 bits per heavy atom. The summed E-state index contributed by atoms with van der Waals surface area (Å²) in [7, 11) is 0. The maximum atomic E-state index is 14.4. The first-order chi connectivity index (χ1) is 15.6. The number of aliphatic hydroxyl groups is 1. The average molecular weight is 439 g/mol. The first kappa shape index (κ1) is 20.8. The van der Waals surface area contributed by atoms with E-state index in [0.29, 0.717) is 55.6 Å². The van der Waals surface area contributed by atoms with Gasteiger partial charge in [-0.2, -0.15) is 4.98 Å². The van der Waals surface area contributed by atoms with Gasteiger partial charge < -0.3 is 20.2 Å². The van der Waals surface area contributed by atoms with Crippen LogP contribution in [0.2, 0.25) is 0 Å². The van der Waals surface area contributed by atoms with Crippen molar-refractivity contribution in [1.29, 1.82) is 0 Å². The van der Waals surface area contributed by atoms with E-state index in [1.54, 1.807) is 18.5 Å². The highest BCUT2D eigenvalue weighted by Crippen LogP contribution is 2.54. The van der Waals surface area contributed by atoms with Gasteiger partial charge in [-0.1, -0.05) is 6.07 Å². The number of carbonyl (C=O) groups excluding carboxylic acids is 1. The summed E-state index contributed by atoms with van der Waals surface area (Å²) >= 11 is 0. The van der Waals surface area contributed by atoms with Gasteiger partial charge in [-0.05, 0) is 48.3 Å². The van der Waals surface area contributed by atoms with E-state index in [-0.39, 0.29) is 12.0 Å². The van der Waals surface area contributed by atoms with Gasteiger partial charge in [0.05, 0.1) is 12.3 Å². The number of amides is 1. The molecule has 1 aliphatic carbocycles. The summed E-state index contributed by atoms with van der Waals surface area (Å²) in [4.78, 5) is 28.5. The zero-order valence-electron chi connectivity index (χ0n) is 17.8. The number of piperidine rings is 1. The number of fused-ring (bicyclic) bond motifs is 1. The monoisotopic (exact) mass is 438 g/mol. The van der Waals surface area contributed by atoms with E-state index < -0.39 is 5.82 Å². The quantitative estimate of drug-likeness (QED) is 0.633. The zero-order valence-corrected chi connectivity index (χ0v) is 17.8. The molecule has 2 N–H and O–H groups in total. The summed E-state index contributed by atoms with van der Waals surface area (Å²) in [6.45, 7) is 3.36. The second-order valence-electron chi connectivity index (χ2n) is 8.83. The highest BCUT2D eigenvalue weighted by molar-refractivity contribution is 5.91. The maximum absolute atomic E-state index is 14.4. The Labute approximate surface area is 186 Å². The third-order valence-electron chi connectivity index (χ3n) is 6.72. The van der Waals surface area contributed by atoms with Crippen LogP contribution in [0.4, 0.5) is 16.2 Å². The van der Waals surface area contributed by atoms with E-state index in [1.165, 1.54) is 12.3 Å². The lowest BCUT2D eigenvalue weighted by Crippen LogP contribution is -2.29. The van der Waals surface area contributed by atoms with E-state index in [4.69, 9.17) is 0 Å². The number of anilines is 2. The van der Waals surface area contributed by atoms with Crippen molar-refractivity contribution in [3.63, 3.8) is 0 Å². The Bertz CT molecular complexity index is 991. The molecule has 0 bridgehead atoms. The minimum atomic E-state index is -0.404. The zero-order chi connectivity index (χ0) is 22.1. The summed E-state index contributed by atoms with van der Waals surface area (Å²) in [6.07, 6.45) is 9.15. The fraction of sp³-hybridized carbons (Fsp3) is 0.478. The summed E-state index contributed by atoms with van der Waals surface area (Å²) < 4.78 is 14.4.